The molecule has 1 aliphatic rings. The number of hydrogen-bond acceptors (Lipinski definition) is 4. The van der Waals surface area contributed by atoms with Crippen molar-refractivity contribution >= 4 is 56.0 Å². The molecule has 6 nitrogen and oxygen atoms in total. The Morgan fingerprint density at radius 2 is 1.77 bits per heavy atom. The van der Waals surface area contributed by atoms with Crippen LogP contribution in [0.4, 0.5) is 0 Å². The van der Waals surface area contributed by atoms with Crippen molar-refractivity contribution in [1.82, 2.24) is 14.5 Å². The Bertz CT molecular complexity index is 1130. The second kappa shape index (κ2) is 9.35. The average Bonchev–Trinajstić information content (AvgIpc) is 3.37. The molecule has 158 valence electrons. The molecule has 2 heterocycles. The first kappa shape index (κ1) is 21.8. The number of rotatable bonds is 6. The predicted octanol–water partition coefficient (Wildman–Crippen LogP) is 4.76. The van der Waals surface area contributed by atoms with Crippen LogP contribution in [0.1, 0.15) is 23.6 Å². The molecule has 1 atom stereocenters. The zero-order chi connectivity index (χ0) is 22.0. The summed E-state index contributed by atoms with van der Waals surface area (Å²) < 4.78 is 3.83. The Hall–Kier alpha value is -2.46. The number of ketones is 1. The summed E-state index contributed by atoms with van der Waals surface area (Å²) in [7, 11) is 0. The molecular weight excluding hydrogens is 573 g/mol. The Balaban J connectivity index is 1.72. The van der Waals surface area contributed by atoms with E-state index in [0.717, 1.165) is 13.6 Å². The van der Waals surface area contributed by atoms with Crippen molar-refractivity contribution < 1.29 is 14.7 Å². The summed E-state index contributed by atoms with van der Waals surface area (Å²) in [6.07, 6.45) is 5.93. The summed E-state index contributed by atoms with van der Waals surface area (Å²) in [5, 5.41) is 11.0. The van der Waals surface area contributed by atoms with Crippen LogP contribution in [0.2, 0.25) is 0 Å². The van der Waals surface area contributed by atoms with Gasteiger partial charge in [-0.1, -0.05) is 40.2 Å². The molecule has 1 fully saturated rings. The number of hydrogen-bond donors (Lipinski definition) is 1. The fraction of sp³-hybridized carbons (Fsp3) is 0.174. The lowest BCUT2D eigenvalue weighted by molar-refractivity contribution is -0.139. The molecule has 1 unspecified atom stereocenters. The normalized spacial score (nSPS) is 18.0. The van der Waals surface area contributed by atoms with Crippen molar-refractivity contribution in [1.29, 1.82) is 0 Å². The number of halogens is 2. The van der Waals surface area contributed by atoms with Gasteiger partial charge in [0.15, 0.2) is 0 Å². The predicted molar refractivity (Wildman–Crippen MR) is 129 cm³/mol. The summed E-state index contributed by atoms with van der Waals surface area (Å²) in [4.78, 5) is 31.5. The van der Waals surface area contributed by atoms with Crippen LogP contribution in [0.25, 0.3) is 5.76 Å². The van der Waals surface area contributed by atoms with E-state index in [9.17, 15) is 14.7 Å². The van der Waals surface area contributed by atoms with E-state index in [1.165, 1.54) is 0 Å². The summed E-state index contributed by atoms with van der Waals surface area (Å²) in [6, 6.07) is 14.0. The Morgan fingerprint density at radius 1 is 1.06 bits per heavy atom. The number of aromatic nitrogens is 2. The fourth-order valence-electron chi connectivity index (χ4n) is 3.71. The Morgan fingerprint density at radius 3 is 2.42 bits per heavy atom. The van der Waals surface area contributed by atoms with Gasteiger partial charge < -0.3 is 14.6 Å². The SMILES string of the molecule is O=C1C(=O)N(CCCn2ccnc2)C(c2ccc(Br)cc2)/C1=C(\O)c1ccc(I)cc1. The van der Waals surface area contributed by atoms with E-state index in [-0.39, 0.29) is 11.3 Å². The molecule has 0 radical (unpaired) electrons. The van der Waals surface area contributed by atoms with Crippen LogP contribution in [0.15, 0.2) is 77.3 Å². The summed E-state index contributed by atoms with van der Waals surface area (Å²) in [6.45, 7) is 1.06. The minimum absolute atomic E-state index is 0.121. The first-order valence-electron chi connectivity index (χ1n) is 9.71. The maximum Gasteiger partial charge on any atom is 0.295 e. The summed E-state index contributed by atoms with van der Waals surface area (Å²) in [5.74, 6) is -1.41. The van der Waals surface area contributed by atoms with Gasteiger partial charge in [0.05, 0.1) is 17.9 Å². The number of benzene rings is 2. The van der Waals surface area contributed by atoms with Crippen LogP contribution >= 0.6 is 38.5 Å². The average molecular weight is 592 g/mol. The van der Waals surface area contributed by atoms with E-state index < -0.39 is 17.7 Å². The zero-order valence-electron chi connectivity index (χ0n) is 16.4. The first-order valence-corrected chi connectivity index (χ1v) is 11.6. The van der Waals surface area contributed by atoms with Crippen LogP contribution in [0.3, 0.4) is 0 Å². The highest BCUT2D eigenvalue weighted by Gasteiger charge is 2.45. The second-order valence-corrected chi connectivity index (χ2v) is 9.37. The summed E-state index contributed by atoms with van der Waals surface area (Å²) in [5.41, 5.74) is 1.41. The van der Waals surface area contributed by atoms with E-state index >= 15 is 0 Å². The molecule has 1 amide bonds. The molecule has 0 saturated carbocycles. The molecule has 31 heavy (non-hydrogen) atoms. The van der Waals surface area contributed by atoms with Crippen LogP contribution in [0.5, 0.6) is 0 Å². The van der Waals surface area contributed by atoms with E-state index in [1.54, 1.807) is 29.6 Å². The number of aliphatic hydroxyl groups is 1. The van der Waals surface area contributed by atoms with Crippen molar-refractivity contribution in [3.8, 4) is 0 Å². The summed E-state index contributed by atoms with van der Waals surface area (Å²) >= 11 is 5.60. The van der Waals surface area contributed by atoms with Gasteiger partial charge in [-0.3, -0.25) is 9.59 Å². The highest BCUT2D eigenvalue weighted by Crippen LogP contribution is 2.39. The second-order valence-electron chi connectivity index (χ2n) is 7.20. The standard InChI is InChI=1S/C23H19BrIN3O3/c24-17-6-2-15(3-7-17)20-19(21(29)16-4-8-18(25)9-5-16)22(30)23(31)28(20)12-1-11-27-13-10-26-14-27/h2-10,13-14,20,29H,1,11-12H2/b21-19+. The number of carbonyl (C=O) groups excluding carboxylic acids is 2. The van der Waals surface area contributed by atoms with E-state index in [1.807, 2.05) is 47.2 Å². The van der Waals surface area contributed by atoms with E-state index in [0.29, 0.717) is 25.1 Å². The van der Waals surface area contributed by atoms with Crippen LogP contribution in [0, 0.1) is 3.57 Å². The number of aryl methyl sites for hydroxylation is 1. The van der Waals surface area contributed by atoms with Crippen LogP contribution in [-0.2, 0) is 16.1 Å². The molecule has 1 aromatic heterocycles. The van der Waals surface area contributed by atoms with Gasteiger partial charge in [-0.25, -0.2) is 4.98 Å². The minimum atomic E-state index is -0.661. The van der Waals surface area contributed by atoms with Gasteiger partial charge in [-0.2, -0.15) is 0 Å². The molecule has 1 N–H and O–H groups in total. The van der Waals surface area contributed by atoms with E-state index in [4.69, 9.17) is 0 Å². The van der Waals surface area contributed by atoms with Gasteiger partial charge in [0.1, 0.15) is 5.76 Å². The molecule has 4 rings (SSSR count). The molecule has 1 saturated heterocycles. The number of imidazole rings is 1. The van der Waals surface area contributed by atoms with Crippen molar-refractivity contribution in [2.24, 2.45) is 0 Å². The van der Waals surface area contributed by atoms with E-state index in [2.05, 4.69) is 43.5 Å². The van der Waals surface area contributed by atoms with Gasteiger partial charge >= 0.3 is 0 Å². The van der Waals surface area contributed by atoms with Crippen molar-refractivity contribution in [3.63, 3.8) is 0 Å². The first-order chi connectivity index (χ1) is 15.0. The fourth-order valence-corrected chi connectivity index (χ4v) is 4.33. The maximum atomic E-state index is 13.0. The third kappa shape index (κ3) is 4.59. The zero-order valence-corrected chi connectivity index (χ0v) is 20.2. The molecule has 0 spiro atoms. The minimum Gasteiger partial charge on any atom is -0.507 e. The molecule has 0 bridgehead atoms. The largest absolute Gasteiger partial charge is 0.507 e. The third-order valence-corrected chi connectivity index (χ3v) is 6.47. The van der Waals surface area contributed by atoms with Crippen LogP contribution in [-0.4, -0.2) is 37.8 Å². The highest BCUT2D eigenvalue weighted by atomic mass is 127. The van der Waals surface area contributed by atoms with Gasteiger partial charge in [0.25, 0.3) is 11.7 Å². The van der Waals surface area contributed by atoms with Gasteiger partial charge in [0.2, 0.25) is 0 Å². The Labute approximate surface area is 201 Å². The van der Waals surface area contributed by atoms with Crippen LogP contribution < -0.4 is 0 Å². The number of aliphatic hydroxyl groups excluding tert-OH is 1. The molecule has 3 aromatic rings. The third-order valence-electron chi connectivity index (χ3n) is 5.22. The smallest absolute Gasteiger partial charge is 0.295 e. The van der Waals surface area contributed by atoms with Gasteiger partial charge in [-0.15, -0.1) is 0 Å². The van der Waals surface area contributed by atoms with Crippen molar-refractivity contribution in [3.05, 3.63) is 92.0 Å². The van der Waals surface area contributed by atoms with Crippen molar-refractivity contribution in [2.45, 2.75) is 19.0 Å². The molecular formula is C23H19BrIN3O3. The molecule has 8 heteroatoms. The monoisotopic (exact) mass is 591 g/mol. The lowest BCUT2D eigenvalue weighted by atomic mass is 9.95. The maximum absolute atomic E-state index is 13.0. The number of likely N-dealkylation sites (tertiary alicyclic amines) is 1. The quantitative estimate of drug-likeness (QED) is 0.194. The lowest BCUT2D eigenvalue weighted by Gasteiger charge is -2.25. The number of amides is 1. The number of carbonyl (C=O) groups is 2. The molecule has 1 aliphatic heterocycles. The topological polar surface area (TPSA) is 75.4 Å². The van der Waals surface area contributed by atoms with Crippen molar-refractivity contribution in [2.75, 3.05) is 6.54 Å². The lowest BCUT2D eigenvalue weighted by Crippen LogP contribution is -2.31. The van der Waals surface area contributed by atoms with Gasteiger partial charge in [-0.05, 0) is 58.8 Å². The molecule has 2 aromatic carbocycles. The highest BCUT2D eigenvalue weighted by molar-refractivity contribution is 14.1. The number of Topliss-reactive ketones (excluding diaryl/α,β-unsaturated/α-hetero) is 1. The molecule has 0 aliphatic carbocycles. The number of nitrogens with zero attached hydrogens (tertiary/aromatic N) is 3. The Kier molecular flexibility index (Phi) is 6.57. The van der Waals surface area contributed by atoms with Gasteiger partial charge in [0, 0.05) is 39.1 Å².